The molecule has 0 bridgehead atoms. The van der Waals surface area contributed by atoms with Gasteiger partial charge >= 0.3 is 0 Å². The van der Waals surface area contributed by atoms with Crippen LogP contribution < -0.4 is 15.4 Å². The molecule has 1 aromatic carbocycles. The van der Waals surface area contributed by atoms with Crippen molar-refractivity contribution in [1.29, 1.82) is 5.26 Å². The van der Waals surface area contributed by atoms with Crippen LogP contribution in [0.2, 0.25) is 0 Å². The Kier molecular flexibility index (Phi) is 6.36. The Hall–Kier alpha value is -3.54. The zero-order valence-electron chi connectivity index (χ0n) is 17.4. The number of pyridine rings is 1. The molecule has 3 heterocycles. The molecule has 1 fully saturated rings. The van der Waals surface area contributed by atoms with Crippen LogP contribution in [0, 0.1) is 18.3 Å². The van der Waals surface area contributed by atoms with Gasteiger partial charge in [0.05, 0.1) is 30.4 Å². The maximum Gasteiger partial charge on any atom is 0.162 e. The summed E-state index contributed by atoms with van der Waals surface area (Å²) < 4.78 is 11.7. The molecule has 0 radical (unpaired) electrons. The number of benzene rings is 1. The predicted octanol–water partition coefficient (Wildman–Crippen LogP) is 2.85. The van der Waals surface area contributed by atoms with Gasteiger partial charge in [-0.1, -0.05) is 0 Å². The number of hydrogen-bond acceptors (Lipinski definition) is 8. The summed E-state index contributed by atoms with van der Waals surface area (Å²) in [6.45, 7) is 5.40. The molecule has 1 aliphatic rings. The van der Waals surface area contributed by atoms with Crippen molar-refractivity contribution in [3.8, 4) is 29.0 Å². The van der Waals surface area contributed by atoms with Crippen LogP contribution in [0.3, 0.4) is 0 Å². The van der Waals surface area contributed by atoms with E-state index in [0.717, 1.165) is 36.6 Å². The molecule has 0 saturated carbocycles. The van der Waals surface area contributed by atoms with Crippen molar-refractivity contribution >= 4 is 5.82 Å². The van der Waals surface area contributed by atoms with Crippen molar-refractivity contribution in [2.24, 2.45) is 5.73 Å². The lowest BCUT2D eigenvalue weighted by atomic mass is 10.1. The Morgan fingerprint density at radius 1 is 1.16 bits per heavy atom. The fraction of sp³-hybridized carbons (Fsp3) is 0.304. The monoisotopic (exact) mass is 416 g/mol. The maximum absolute atomic E-state index is 9.37. The third-order valence-corrected chi connectivity index (χ3v) is 4.97. The molecule has 0 atom stereocenters. The third kappa shape index (κ3) is 4.97. The molecule has 158 valence electrons. The fourth-order valence-corrected chi connectivity index (χ4v) is 3.41. The van der Waals surface area contributed by atoms with Crippen LogP contribution in [-0.4, -0.2) is 47.8 Å². The van der Waals surface area contributed by atoms with Gasteiger partial charge in [0, 0.05) is 43.3 Å². The molecule has 0 amide bonds. The second kappa shape index (κ2) is 9.51. The Bertz CT molecular complexity index is 1090. The van der Waals surface area contributed by atoms with Gasteiger partial charge in [-0.2, -0.15) is 5.26 Å². The first-order chi connectivity index (χ1) is 15.2. The minimum Gasteiger partial charge on any atom is -0.456 e. The van der Waals surface area contributed by atoms with Gasteiger partial charge in [0.25, 0.3) is 0 Å². The lowest BCUT2D eigenvalue weighted by Gasteiger charge is -2.28. The minimum absolute atomic E-state index is 0.498. The predicted molar refractivity (Wildman–Crippen MR) is 117 cm³/mol. The van der Waals surface area contributed by atoms with Crippen LogP contribution in [0.25, 0.3) is 11.4 Å². The highest BCUT2D eigenvalue weighted by atomic mass is 16.5. The number of nitriles is 1. The molecular formula is C23H24N6O2. The van der Waals surface area contributed by atoms with Crippen molar-refractivity contribution in [2.75, 3.05) is 37.7 Å². The Morgan fingerprint density at radius 3 is 2.65 bits per heavy atom. The van der Waals surface area contributed by atoms with Gasteiger partial charge in [-0.3, -0.25) is 0 Å². The number of hydrogen-bond donors (Lipinski definition) is 1. The van der Waals surface area contributed by atoms with Crippen LogP contribution in [0.4, 0.5) is 5.82 Å². The second-order valence-electron chi connectivity index (χ2n) is 7.28. The number of aryl methyl sites for hydroxylation is 1. The minimum atomic E-state index is 0.498. The van der Waals surface area contributed by atoms with Crippen molar-refractivity contribution in [2.45, 2.75) is 13.3 Å². The quantitative estimate of drug-likeness (QED) is 0.653. The normalized spacial score (nSPS) is 13.6. The van der Waals surface area contributed by atoms with Gasteiger partial charge in [-0.25, -0.2) is 15.0 Å². The van der Waals surface area contributed by atoms with Gasteiger partial charge in [-0.05, 0) is 43.7 Å². The molecule has 2 aromatic heterocycles. The molecule has 31 heavy (non-hydrogen) atoms. The van der Waals surface area contributed by atoms with Crippen molar-refractivity contribution < 1.29 is 9.47 Å². The first-order valence-corrected chi connectivity index (χ1v) is 10.2. The van der Waals surface area contributed by atoms with Crippen LogP contribution in [0.5, 0.6) is 11.5 Å². The number of nitrogens with zero attached hydrogens (tertiary/aromatic N) is 5. The highest BCUT2D eigenvalue weighted by Crippen LogP contribution is 2.34. The topological polar surface area (TPSA) is 110 Å². The molecule has 1 aliphatic heterocycles. The van der Waals surface area contributed by atoms with Gasteiger partial charge < -0.3 is 20.1 Å². The van der Waals surface area contributed by atoms with E-state index in [2.05, 4.69) is 25.9 Å². The Labute approximate surface area is 181 Å². The number of ether oxygens (including phenoxy) is 2. The molecule has 8 heteroatoms. The lowest BCUT2D eigenvalue weighted by molar-refractivity contribution is 0.122. The largest absolute Gasteiger partial charge is 0.456 e. The Balaban J connectivity index is 1.67. The zero-order chi connectivity index (χ0) is 21.6. The van der Waals surface area contributed by atoms with Gasteiger partial charge in [-0.15, -0.1) is 0 Å². The highest BCUT2D eigenvalue weighted by Gasteiger charge is 2.16. The molecule has 0 spiro atoms. The van der Waals surface area contributed by atoms with Crippen LogP contribution in [-0.2, 0) is 11.2 Å². The first-order valence-electron chi connectivity index (χ1n) is 10.2. The van der Waals surface area contributed by atoms with E-state index in [0.29, 0.717) is 48.2 Å². The first kappa shape index (κ1) is 20.7. The second-order valence-corrected chi connectivity index (χ2v) is 7.28. The van der Waals surface area contributed by atoms with Crippen molar-refractivity contribution in [1.82, 2.24) is 15.0 Å². The molecular weight excluding hydrogens is 392 g/mol. The Morgan fingerprint density at radius 2 is 1.94 bits per heavy atom. The van der Waals surface area contributed by atoms with Crippen molar-refractivity contribution in [3.05, 3.63) is 59.5 Å². The summed E-state index contributed by atoms with van der Waals surface area (Å²) in [4.78, 5) is 15.8. The molecule has 4 rings (SSSR count). The molecule has 0 aliphatic carbocycles. The van der Waals surface area contributed by atoms with E-state index in [9.17, 15) is 5.26 Å². The van der Waals surface area contributed by atoms with Gasteiger partial charge in [0.1, 0.15) is 17.3 Å². The molecule has 3 aromatic rings. The van der Waals surface area contributed by atoms with Crippen LogP contribution in [0.1, 0.15) is 16.8 Å². The van der Waals surface area contributed by atoms with Crippen LogP contribution in [0.15, 0.2) is 42.7 Å². The molecule has 8 nitrogen and oxygen atoms in total. The van der Waals surface area contributed by atoms with E-state index < -0.39 is 0 Å². The van der Waals surface area contributed by atoms with Crippen LogP contribution >= 0.6 is 0 Å². The van der Waals surface area contributed by atoms with Gasteiger partial charge in [0.15, 0.2) is 5.82 Å². The van der Waals surface area contributed by atoms with E-state index >= 15 is 0 Å². The average molecular weight is 416 g/mol. The number of anilines is 1. The number of aromatic nitrogens is 3. The maximum atomic E-state index is 9.37. The molecule has 0 unspecified atom stereocenters. The SMILES string of the molecule is Cc1cc(Oc2cc(C#N)ccc2-c2ncc(CCN)cn2)cc(N2CCOCC2)n1. The number of nitrogens with two attached hydrogens (primary N) is 1. The number of morpholine rings is 1. The smallest absolute Gasteiger partial charge is 0.162 e. The standard InChI is InChI=1S/C23H24N6O2/c1-16-10-19(12-22(28-16)29-6-8-30-9-7-29)31-21-11-17(13-25)2-3-20(21)23-26-14-18(4-5-24)15-27-23/h2-3,10-12,14-15H,4-9,24H2,1H3. The lowest BCUT2D eigenvalue weighted by Crippen LogP contribution is -2.36. The third-order valence-electron chi connectivity index (χ3n) is 4.97. The average Bonchev–Trinajstić information content (AvgIpc) is 2.80. The summed E-state index contributed by atoms with van der Waals surface area (Å²) in [6, 6.07) is 11.2. The van der Waals surface area contributed by atoms with E-state index in [4.69, 9.17) is 15.2 Å². The van der Waals surface area contributed by atoms with Gasteiger partial charge in [0.2, 0.25) is 0 Å². The summed E-state index contributed by atoms with van der Waals surface area (Å²) >= 11 is 0. The number of rotatable bonds is 6. The van der Waals surface area contributed by atoms with E-state index in [1.807, 2.05) is 25.1 Å². The zero-order valence-corrected chi connectivity index (χ0v) is 17.4. The summed E-state index contributed by atoms with van der Waals surface area (Å²) in [5, 5.41) is 9.37. The fourth-order valence-electron chi connectivity index (χ4n) is 3.41. The summed E-state index contributed by atoms with van der Waals surface area (Å²) in [5.74, 6) is 2.53. The highest BCUT2D eigenvalue weighted by molar-refractivity contribution is 5.66. The van der Waals surface area contributed by atoms with E-state index in [1.165, 1.54) is 0 Å². The molecule has 1 saturated heterocycles. The van der Waals surface area contributed by atoms with Crippen molar-refractivity contribution in [3.63, 3.8) is 0 Å². The molecule has 2 N–H and O–H groups in total. The summed E-state index contributed by atoms with van der Waals surface area (Å²) in [5.41, 5.74) is 8.64. The van der Waals surface area contributed by atoms with E-state index in [1.54, 1.807) is 24.5 Å². The summed E-state index contributed by atoms with van der Waals surface area (Å²) in [6.07, 6.45) is 4.26. The van der Waals surface area contributed by atoms with E-state index in [-0.39, 0.29) is 0 Å². The summed E-state index contributed by atoms with van der Waals surface area (Å²) in [7, 11) is 0.